The van der Waals surface area contributed by atoms with Crippen LogP contribution >= 0.6 is 23.2 Å². The first-order chi connectivity index (χ1) is 15.0. The van der Waals surface area contributed by atoms with Crippen LogP contribution in [0.3, 0.4) is 0 Å². The van der Waals surface area contributed by atoms with Crippen LogP contribution in [0.15, 0.2) is 30.3 Å². The lowest BCUT2D eigenvalue weighted by Crippen LogP contribution is -2.50. The highest BCUT2D eigenvalue weighted by Gasteiger charge is 2.73. The van der Waals surface area contributed by atoms with E-state index in [1.807, 2.05) is 0 Å². The molecule has 0 aliphatic heterocycles. The van der Waals surface area contributed by atoms with E-state index in [-0.39, 0.29) is 29.1 Å². The van der Waals surface area contributed by atoms with E-state index in [0.29, 0.717) is 0 Å². The number of benzene rings is 2. The predicted molar refractivity (Wildman–Crippen MR) is 107 cm³/mol. The van der Waals surface area contributed by atoms with Crippen LogP contribution in [0.5, 0.6) is 5.75 Å². The Kier molecular flexibility index (Phi) is 7.44. The smallest absolute Gasteiger partial charge is 0.435 e. The quantitative estimate of drug-likeness (QED) is 0.442. The molecule has 0 spiro atoms. The van der Waals surface area contributed by atoms with Crippen LogP contribution in [0.25, 0.3) is 0 Å². The SMILES string of the molecule is COc1c(NC(C)=O)cccc1C(=O)Nc1c(Cl)cc(C(F)(C(F)(F)F)C(F)(F)F)cc1Cl. The summed E-state index contributed by atoms with van der Waals surface area (Å²) >= 11 is 11.5. The average molecular weight is 521 g/mol. The number of anilines is 2. The fraction of sp³-hybridized carbons (Fsp3) is 0.263. The average Bonchev–Trinajstić information content (AvgIpc) is 2.67. The third-order valence-electron chi connectivity index (χ3n) is 4.23. The van der Waals surface area contributed by atoms with Gasteiger partial charge in [0.1, 0.15) is 0 Å². The van der Waals surface area contributed by atoms with E-state index in [1.165, 1.54) is 32.2 Å². The van der Waals surface area contributed by atoms with Crippen molar-refractivity contribution in [1.29, 1.82) is 0 Å². The first kappa shape index (κ1) is 26.5. The van der Waals surface area contributed by atoms with E-state index in [9.17, 15) is 40.3 Å². The van der Waals surface area contributed by atoms with Crippen LogP contribution in [-0.2, 0) is 10.5 Å². The Bertz CT molecular complexity index is 1050. The fourth-order valence-electron chi connectivity index (χ4n) is 2.78. The van der Waals surface area contributed by atoms with Crippen LogP contribution in [-0.4, -0.2) is 31.3 Å². The molecule has 0 heterocycles. The molecule has 0 atom stereocenters. The molecule has 14 heteroatoms. The number of ether oxygens (including phenoxy) is 1. The van der Waals surface area contributed by atoms with E-state index in [0.717, 1.165) is 0 Å². The van der Waals surface area contributed by atoms with Gasteiger partial charge in [-0.25, -0.2) is 4.39 Å². The minimum absolute atomic E-state index is 0.0645. The number of nitrogens with one attached hydrogen (secondary N) is 2. The molecule has 0 saturated heterocycles. The largest absolute Gasteiger partial charge is 0.494 e. The van der Waals surface area contributed by atoms with Crippen molar-refractivity contribution in [2.75, 3.05) is 17.7 Å². The Balaban J connectivity index is 2.52. The van der Waals surface area contributed by atoms with Gasteiger partial charge in [0.05, 0.1) is 34.1 Å². The molecule has 0 aliphatic carbocycles. The normalized spacial score (nSPS) is 12.3. The van der Waals surface area contributed by atoms with Gasteiger partial charge in [0.15, 0.2) is 5.75 Å². The first-order valence-electron chi connectivity index (χ1n) is 8.62. The van der Waals surface area contributed by atoms with Crippen LogP contribution in [0, 0.1) is 0 Å². The molecular formula is C19H13Cl2F7N2O3. The molecule has 2 rings (SSSR count). The van der Waals surface area contributed by atoms with Crippen LogP contribution in [0.4, 0.5) is 42.1 Å². The van der Waals surface area contributed by atoms with Gasteiger partial charge in [-0.05, 0) is 24.3 Å². The maximum atomic E-state index is 14.3. The van der Waals surface area contributed by atoms with E-state index < -0.39 is 51.1 Å². The van der Waals surface area contributed by atoms with Gasteiger partial charge in [0.25, 0.3) is 5.91 Å². The minimum atomic E-state index is -6.37. The van der Waals surface area contributed by atoms with Crippen molar-refractivity contribution in [3.05, 3.63) is 51.5 Å². The Hall–Kier alpha value is -2.73. The fourth-order valence-corrected chi connectivity index (χ4v) is 3.37. The molecule has 2 aromatic carbocycles. The highest BCUT2D eigenvalue weighted by molar-refractivity contribution is 6.40. The number of hydrogen-bond acceptors (Lipinski definition) is 3. The lowest BCUT2D eigenvalue weighted by atomic mass is 9.94. The summed E-state index contributed by atoms with van der Waals surface area (Å²) in [6.45, 7) is 1.19. The molecule has 0 aromatic heterocycles. The second kappa shape index (κ2) is 9.26. The lowest BCUT2D eigenvalue weighted by Gasteiger charge is -2.30. The molecule has 180 valence electrons. The first-order valence-corrected chi connectivity index (χ1v) is 9.38. The summed E-state index contributed by atoms with van der Waals surface area (Å²) in [6.07, 6.45) is -12.7. The van der Waals surface area contributed by atoms with Crippen molar-refractivity contribution in [2.24, 2.45) is 0 Å². The third kappa shape index (κ3) is 5.11. The lowest BCUT2D eigenvalue weighted by molar-refractivity contribution is -0.348. The molecule has 0 unspecified atom stereocenters. The Morgan fingerprint density at radius 1 is 0.909 bits per heavy atom. The molecule has 2 amide bonds. The van der Waals surface area contributed by atoms with Crippen molar-refractivity contribution in [3.63, 3.8) is 0 Å². The standard InChI is InChI=1S/C19H13Cl2F7N2O3/c1-8(31)29-13-5-3-4-10(15(13)33-2)16(32)30-14-11(20)6-9(7-12(14)21)17(22,18(23,24)25)19(26,27)28/h3-7H,1-2H3,(H,29,31)(H,30,32). The summed E-state index contributed by atoms with van der Waals surface area (Å²) in [5.74, 6) is -1.59. The van der Waals surface area contributed by atoms with E-state index >= 15 is 0 Å². The monoisotopic (exact) mass is 520 g/mol. The summed E-state index contributed by atoms with van der Waals surface area (Å²) < 4.78 is 97.4. The molecular weight excluding hydrogens is 508 g/mol. The maximum Gasteiger partial charge on any atom is 0.435 e. The summed E-state index contributed by atoms with van der Waals surface area (Å²) in [7, 11) is 1.18. The zero-order valence-corrected chi connectivity index (χ0v) is 18.0. The number of amides is 2. The molecule has 0 radical (unpaired) electrons. The number of halogens is 9. The Labute approximate surface area is 191 Å². The number of rotatable bonds is 5. The zero-order valence-electron chi connectivity index (χ0n) is 16.5. The zero-order chi connectivity index (χ0) is 25.4. The third-order valence-corrected chi connectivity index (χ3v) is 4.83. The van der Waals surface area contributed by atoms with Crippen molar-refractivity contribution < 1.29 is 45.1 Å². The van der Waals surface area contributed by atoms with Gasteiger partial charge in [-0.1, -0.05) is 29.3 Å². The minimum Gasteiger partial charge on any atom is -0.494 e. The number of alkyl halides is 7. The topological polar surface area (TPSA) is 67.4 Å². The predicted octanol–water partition coefficient (Wildman–Crippen LogP) is 6.50. The molecule has 33 heavy (non-hydrogen) atoms. The van der Waals surface area contributed by atoms with E-state index in [2.05, 4.69) is 10.6 Å². The van der Waals surface area contributed by atoms with E-state index in [4.69, 9.17) is 27.9 Å². The highest BCUT2D eigenvalue weighted by atomic mass is 35.5. The number of carbonyl (C=O) groups excluding carboxylic acids is 2. The Morgan fingerprint density at radius 3 is 1.85 bits per heavy atom. The molecule has 0 fully saturated rings. The van der Waals surface area contributed by atoms with Crippen LogP contribution in [0.1, 0.15) is 22.8 Å². The second-order valence-electron chi connectivity index (χ2n) is 6.49. The molecule has 2 aromatic rings. The van der Waals surface area contributed by atoms with Crippen LogP contribution < -0.4 is 15.4 Å². The number of hydrogen-bond donors (Lipinski definition) is 2. The summed E-state index contributed by atoms with van der Waals surface area (Å²) in [4.78, 5) is 24.0. The highest BCUT2D eigenvalue weighted by Crippen LogP contribution is 2.54. The molecule has 0 aliphatic rings. The Morgan fingerprint density at radius 2 is 1.42 bits per heavy atom. The van der Waals surface area contributed by atoms with E-state index in [1.54, 1.807) is 0 Å². The van der Waals surface area contributed by atoms with Gasteiger partial charge in [-0.3, -0.25) is 9.59 Å². The molecule has 5 nitrogen and oxygen atoms in total. The van der Waals surface area contributed by atoms with Gasteiger partial charge in [0, 0.05) is 12.5 Å². The summed E-state index contributed by atoms with van der Waals surface area (Å²) in [5, 5.41) is 2.75. The van der Waals surface area contributed by atoms with Crippen LogP contribution in [0.2, 0.25) is 10.0 Å². The number of para-hydroxylation sites is 1. The van der Waals surface area contributed by atoms with Crippen molar-refractivity contribution >= 4 is 46.4 Å². The van der Waals surface area contributed by atoms with Gasteiger partial charge in [0.2, 0.25) is 5.91 Å². The van der Waals surface area contributed by atoms with Gasteiger partial charge in [-0.15, -0.1) is 0 Å². The number of carbonyl (C=O) groups is 2. The van der Waals surface area contributed by atoms with Crippen molar-refractivity contribution in [1.82, 2.24) is 0 Å². The maximum absolute atomic E-state index is 14.3. The molecule has 0 bridgehead atoms. The summed E-state index contributed by atoms with van der Waals surface area (Å²) in [6, 6.07) is 4.14. The van der Waals surface area contributed by atoms with Crippen molar-refractivity contribution in [2.45, 2.75) is 24.9 Å². The summed E-state index contributed by atoms with van der Waals surface area (Å²) in [5.41, 5.74) is -8.34. The van der Waals surface area contributed by atoms with Gasteiger partial charge < -0.3 is 15.4 Å². The van der Waals surface area contributed by atoms with Crippen molar-refractivity contribution in [3.8, 4) is 5.75 Å². The number of methoxy groups -OCH3 is 1. The molecule has 0 saturated carbocycles. The van der Waals surface area contributed by atoms with Gasteiger partial charge in [-0.2, -0.15) is 26.3 Å². The second-order valence-corrected chi connectivity index (χ2v) is 7.30. The van der Waals surface area contributed by atoms with Gasteiger partial charge >= 0.3 is 18.0 Å². The molecule has 2 N–H and O–H groups in total.